The third kappa shape index (κ3) is 3.61. The summed E-state index contributed by atoms with van der Waals surface area (Å²) in [5.74, 6) is -0.142. The molecular weight excluding hydrogens is 239 g/mol. The zero-order valence-corrected chi connectivity index (χ0v) is 11.4. The van der Waals surface area contributed by atoms with Crippen LogP contribution >= 0.6 is 0 Å². The summed E-state index contributed by atoms with van der Waals surface area (Å²) in [7, 11) is 0. The summed E-state index contributed by atoms with van der Waals surface area (Å²) in [6, 6.07) is 11.1. The predicted octanol–water partition coefficient (Wildman–Crippen LogP) is 3.42. The van der Waals surface area contributed by atoms with Crippen LogP contribution in [0.5, 0.6) is 0 Å². The molecule has 1 aromatic carbocycles. The van der Waals surface area contributed by atoms with Crippen LogP contribution in [0.4, 0.5) is 4.39 Å². The highest BCUT2D eigenvalue weighted by Gasteiger charge is 2.13. The van der Waals surface area contributed by atoms with E-state index in [2.05, 4.69) is 17.2 Å². The summed E-state index contributed by atoms with van der Waals surface area (Å²) in [5, 5.41) is 3.41. The van der Waals surface area contributed by atoms with Crippen molar-refractivity contribution < 1.29 is 4.39 Å². The molecule has 1 aromatic heterocycles. The topological polar surface area (TPSA) is 24.9 Å². The minimum atomic E-state index is -0.142. The summed E-state index contributed by atoms with van der Waals surface area (Å²) in [6.07, 6.45) is 2.44. The van der Waals surface area contributed by atoms with Crippen LogP contribution in [0.2, 0.25) is 0 Å². The molecule has 0 amide bonds. The van der Waals surface area contributed by atoms with Gasteiger partial charge in [0.2, 0.25) is 0 Å². The highest BCUT2D eigenvalue weighted by atomic mass is 19.1. The number of aromatic nitrogens is 1. The Labute approximate surface area is 113 Å². The summed E-state index contributed by atoms with van der Waals surface area (Å²) < 4.78 is 13.7. The molecule has 100 valence electrons. The van der Waals surface area contributed by atoms with Crippen molar-refractivity contribution in [1.29, 1.82) is 0 Å². The maximum atomic E-state index is 13.7. The van der Waals surface area contributed by atoms with E-state index in [1.54, 1.807) is 12.3 Å². The van der Waals surface area contributed by atoms with Crippen LogP contribution < -0.4 is 5.32 Å². The zero-order valence-electron chi connectivity index (χ0n) is 11.4. The molecule has 0 fully saturated rings. The second-order valence-electron chi connectivity index (χ2n) is 4.64. The smallest absolute Gasteiger partial charge is 0.126 e. The Kier molecular flexibility index (Phi) is 4.63. The SMILES string of the molecule is CCNC(Cc1ccccc1F)c1ccnc(C)c1. The first kappa shape index (κ1) is 13.7. The molecule has 0 bridgehead atoms. The highest BCUT2D eigenvalue weighted by molar-refractivity contribution is 5.25. The number of halogens is 1. The first-order chi connectivity index (χ1) is 9.20. The predicted molar refractivity (Wildman–Crippen MR) is 75.5 cm³/mol. The minimum absolute atomic E-state index is 0.114. The lowest BCUT2D eigenvalue weighted by Gasteiger charge is -2.19. The van der Waals surface area contributed by atoms with E-state index in [4.69, 9.17) is 0 Å². The molecule has 2 aromatic rings. The number of nitrogens with zero attached hydrogens (tertiary/aromatic N) is 1. The summed E-state index contributed by atoms with van der Waals surface area (Å²) in [5.41, 5.74) is 2.87. The fraction of sp³-hybridized carbons (Fsp3) is 0.312. The normalized spacial score (nSPS) is 12.4. The molecule has 0 radical (unpaired) electrons. The summed E-state index contributed by atoms with van der Waals surface area (Å²) in [6.45, 7) is 4.87. The standard InChI is InChI=1S/C16H19FN2/c1-3-18-16(14-8-9-19-12(2)10-14)11-13-6-4-5-7-15(13)17/h4-10,16,18H,3,11H2,1-2H3. The molecule has 3 heteroatoms. The lowest BCUT2D eigenvalue weighted by atomic mass is 9.98. The zero-order chi connectivity index (χ0) is 13.7. The van der Waals surface area contributed by atoms with E-state index in [-0.39, 0.29) is 11.9 Å². The van der Waals surface area contributed by atoms with Gasteiger partial charge in [0.25, 0.3) is 0 Å². The number of hydrogen-bond donors (Lipinski definition) is 1. The molecule has 1 N–H and O–H groups in total. The molecule has 0 aliphatic rings. The van der Waals surface area contributed by atoms with E-state index in [0.717, 1.165) is 23.4 Å². The molecule has 0 spiro atoms. The third-order valence-corrected chi connectivity index (χ3v) is 3.16. The minimum Gasteiger partial charge on any atom is -0.310 e. The van der Waals surface area contributed by atoms with E-state index < -0.39 is 0 Å². The molecule has 1 unspecified atom stereocenters. The summed E-state index contributed by atoms with van der Waals surface area (Å²) >= 11 is 0. The molecule has 0 saturated heterocycles. The van der Waals surface area contributed by atoms with Gasteiger partial charge < -0.3 is 5.32 Å². The fourth-order valence-electron chi connectivity index (χ4n) is 2.22. The van der Waals surface area contributed by atoms with E-state index in [1.807, 2.05) is 31.2 Å². The molecule has 0 aliphatic carbocycles. The lowest BCUT2D eigenvalue weighted by molar-refractivity contribution is 0.527. The average molecular weight is 258 g/mol. The maximum Gasteiger partial charge on any atom is 0.126 e. The Balaban J connectivity index is 2.24. The van der Waals surface area contributed by atoms with Gasteiger partial charge in [-0.3, -0.25) is 4.98 Å². The lowest BCUT2D eigenvalue weighted by Crippen LogP contribution is -2.23. The van der Waals surface area contributed by atoms with Gasteiger partial charge in [0, 0.05) is 17.9 Å². The van der Waals surface area contributed by atoms with E-state index in [1.165, 1.54) is 6.07 Å². The molecule has 0 aliphatic heterocycles. The van der Waals surface area contributed by atoms with Gasteiger partial charge in [-0.15, -0.1) is 0 Å². The Bertz CT molecular complexity index is 540. The van der Waals surface area contributed by atoms with Crippen molar-refractivity contribution in [2.75, 3.05) is 6.54 Å². The number of aryl methyl sites for hydroxylation is 1. The van der Waals surface area contributed by atoms with Crippen LogP contribution in [0.1, 0.15) is 29.8 Å². The van der Waals surface area contributed by atoms with Crippen LogP contribution in [0.25, 0.3) is 0 Å². The number of benzene rings is 1. The molecule has 1 heterocycles. The van der Waals surface area contributed by atoms with Crippen molar-refractivity contribution in [1.82, 2.24) is 10.3 Å². The quantitative estimate of drug-likeness (QED) is 0.888. The summed E-state index contributed by atoms with van der Waals surface area (Å²) in [4.78, 5) is 4.21. The van der Waals surface area contributed by atoms with Gasteiger partial charge >= 0.3 is 0 Å². The van der Waals surface area contributed by atoms with E-state index in [9.17, 15) is 4.39 Å². The average Bonchev–Trinajstić information content (AvgIpc) is 2.40. The van der Waals surface area contributed by atoms with Crippen molar-refractivity contribution in [2.24, 2.45) is 0 Å². The first-order valence-corrected chi connectivity index (χ1v) is 6.60. The van der Waals surface area contributed by atoms with Crippen molar-refractivity contribution in [2.45, 2.75) is 26.3 Å². The van der Waals surface area contributed by atoms with Crippen molar-refractivity contribution >= 4 is 0 Å². The van der Waals surface area contributed by atoms with Gasteiger partial charge in [0.1, 0.15) is 5.82 Å². The number of hydrogen-bond acceptors (Lipinski definition) is 2. The van der Waals surface area contributed by atoms with Gasteiger partial charge in [-0.25, -0.2) is 4.39 Å². The fourth-order valence-corrected chi connectivity index (χ4v) is 2.22. The van der Waals surface area contributed by atoms with Gasteiger partial charge in [-0.2, -0.15) is 0 Å². The highest BCUT2D eigenvalue weighted by Crippen LogP contribution is 2.20. The Hall–Kier alpha value is -1.74. The number of nitrogens with one attached hydrogen (secondary N) is 1. The van der Waals surface area contributed by atoms with Crippen LogP contribution in [0, 0.1) is 12.7 Å². The first-order valence-electron chi connectivity index (χ1n) is 6.60. The van der Waals surface area contributed by atoms with E-state index in [0.29, 0.717) is 6.42 Å². The van der Waals surface area contributed by atoms with Gasteiger partial charge in [-0.1, -0.05) is 25.1 Å². The monoisotopic (exact) mass is 258 g/mol. The van der Waals surface area contributed by atoms with Gasteiger partial charge in [-0.05, 0) is 49.2 Å². The van der Waals surface area contributed by atoms with Gasteiger partial charge in [0.05, 0.1) is 0 Å². The molecule has 0 saturated carbocycles. The molecule has 19 heavy (non-hydrogen) atoms. The molecular formula is C16H19FN2. The number of likely N-dealkylation sites (N-methyl/N-ethyl adjacent to an activating group) is 1. The molecule has 2 nitrogen and oxygen atoms in total. The maximum absolute atomic E-state index is 13.7. The van der Waals surface area contributed by atoms with Crippen LogP contribution in [-0.2, 0) is 6.42 Å². The second kappa shape index (κ2) is 6.43. The van der Waals surface area contributed by atoms with Crippen molar-refractivity contribution in [3.8, 4) is 0 Å². The number of pyridine rings is 1. The van der Waals surface area contributed by atoms with Crippen LogP contribution in [0.15, 0.2) is 42.6 Å². The van der Waals surface area contributed by atoms with Crippen molar-refractivity contribution in [3.05, 3.63) is 65.2 Å². The Morgan fingerprint density at radius 1 is 1.26 bits per heavy atom. The number of rotatable bonds is 5. The third-order valence-electron chi connectivity index (χ3n) is 3.16. The van der Waals surface area contributed by atoms with E-state index >= 15 is 0 Å². The Morgan fingerprint density at radius 2 is 2.05 bits per heavy atom. The largest absolute Gasteiger partial charge is 0.310 e. The van der Waals surface area contributed by atoms with Crippen LogP contribution in [-0.4, -0.2) is 11.5 Å². The van der Waals surface area contributed by atoms with Crippen molar-refractivity contribution in [3.63, 3.8) is 0 Å². The second-order valence-corrected chi connectivity index (χ2v) is 4.64. The molecule has 2 rings (SSSR count). The molecule has 1 atom stereocenters. The van der Waals surface area contributed by atoms with Gasteiger partial charge in [0.15, 0.2) is 0 Å². The Morgan fingerprint density at radius 3 is 2.74 bits per heavy atom. The van der Waals surface area contributed by atoms with Crippen LogP contribution in [0.3, 0.4) is 0 Å².